The number of phenols is 1. The van der Waals surface area contributed by atoms with Crippen LogP contribution in [0.25, 0.3) is 0 Å². The summed E-state index contributed by atoms with van der Waals surface area (Å²) in [6.45, 7) is 6.16. The molecule has 2 aromatic carbocycles. The highest BCUT2D eigenvalue weighted by Crippen LogP contribution is 2.41. The number of phenolic OH excluding ortho intramolecular Hbond substituents is 1. The highest BCUT2D eigenvalue weighted by molar-refractivity contribution is 6.33. The number of rotatable bonds is 5. The third kappa shape index (κ3) is 3.13. The summed E-state index contributed by atoms with van der Waals surface area (Å²) in [5.74, 6) is -0.149. The van der Waals surface area contributed by atoms with Crippen LogP contribution in [0.5, 0.6) is 5.75 Å². The van der Waals surface area contributed by atoms with Gasteiger partial charge in [-0.25, -0.2) is 4.79 Å². The van der Waals surface area contributed by atoms with E-state index in [4.69, 9.17) is 16.3 Å². The molecule has 0 amide bonds. The van der Waals surface area contributed by atoms with E-state index in [0.717, 1.165) is 29.5 Å². The second-order valence-electron chi connectivity index (χ2n) is 5.98. The Morgan fingerprint density at radius 1 is 1.12 bits per heavy atom. The van der Waals surface area contributed by atoms with Crippen molar-refractivity contribution in [3.8, 4) is 5.75 Å². The van der Waals surface area contributed by atoms with Crippen LogP contribution in [0.4, 0.5) is 0 Å². The van der Waals surface area contributed by atoms with Crippen molar-refractivity contribution in [1.82, 2.24) is 0 Å². The van der Waals surface area contributed by atoms with Gasteiger partial charge in [-0.1, -0.05) is 43.6 Å². The van der Waals surface area contributed by atoms with Crippen molar-refractivity contribution in [2.75, 3.05) is 7.11 Å². The number of carbonyl (C=O) groups is 1. The lowest BCUT2D eigenvalue weighted by Gasteiger charge is -2.34. The molecule has 3 nitrogen and oxygen atoms in total. The molecule has 0 fully saturated rings. The van der Waals surface area contributed by atoms with Crippen molar-refractivity contribution in [3.05, 3.63) is 63.7 Å². The summed E-state index contributed by atoms with van der Waals surface area (Å²) in [6, 6.07) is 11.2. The lowest BCUT2D eigenvalue weighted by molar-refractivity contribution is 0.0601. The highest BCUT2D eigenvalue weighted by atomic mass is 35.5. The summed E-state index contributed by atoms with van der Waals surface area (Å²) in [4.78, 5) is 11.8. The number of halogens is 1. The molecule has 0 bridgehead atoms. The molecule has 0 saturated carbocycles. The van der Waals surface area contributed by atoms with E-state index in [9.17, 15) is 9.90 Å². The number of esters is 1. The first-order chi connectivity index (χ1) is 11.4. The summed E-state index contributed by atoms with van der Waals surface area (Å²) < 4.78 is 4.76. The maximum absolute atomic E-state index is 11.8. The van der Waals surface area contributed by atoms with Crippen molar-refractivity contribution in [2.45, 2.75) is 39.0 Å². The van der Waals surface area contributed by atoms with E-state index in [0.29, 0.717) is 16.3 Å². The highest BCUT2D eigenvalue weighted by Gasteiger charge is 2.32. The number of carbonyl (C=O) groups excluding carboxylic acids is 1. The van der Waals surface area contributed by atoms with Crippen LogP contribution in [0.2, 0.25) is 5.02 Å². The second kappa shape index (κ2) is 7.27. The van der Waals surface area contributed by atoms with E-state index in [1.165, 1.54) is 7.11 Å². The minimum Gasteiger partial charge on any atom is -0.508 e. The Morgan fingerprint density at radius 2 is 1.71 bits per heavy atom. The normalized spacial score (nSPS) is 11.4. The molecule has 0 saturated heterocycles. The molecule has 0 atom stereocenters. The molecule has 4 heteroatoms. The molecule has 0 aromatic heterocycles. The van der Waals surface area contributed by atoms with E-state index < -0.39 is 5.97 Å². The Morgan fingerprint density at radius 3 is 2.21 bits per heavy atom. The van der Waals surface area contributed by atoms with E-state index >= 15 is 0 Å². The number of benzene rings is 2. The Labute approximate surface area is 148 Å². The van der Waals surface area contributed by atoms with Gasteiger partial charge in [0.1, 0.15) is 5.75 Å². The molecule has 1 N–H and O–H groups in total. The van der Waals surface area contributed by atoms with Gasteiger partial charge >= 0.3 is 5.97 Å². The van der Waals surface area contributed by atoms with Gasteiger partial charge in [-0.3, -0.25) is 0 Å². The van der Waals surface area contributed by atoms with E-state index in [1.807, 2.05) is 31.2 Å². The predicted octanol–water partition coefficient (Wildman–Crippen LogP) is 5.25. The van der Waals surface area contributed by atoms with E-state index in [2.05, 4.69) is 13.8 Å². The third-order valence-corrected chi connectivity index (χ3v) is 5.20. The van der Waals surface area contributed by atoms with Crippen molar-refractivity contribution < 1.29 is 14.6 Å². The molecular weight excluding hydrogens is 324 g/mol. The van der Waals surface area contributed by atoms with Gasteiger partial charge in [0.05, 0.1) is 17.7 Å². The van der Waals surface area contributed by atoms with Gasteiger partial charge in [-0.2, -0.15) is 0 Å². The lowest BCUT2D eigenvalue weighted by atomic mass is 9.70. The molecule has 0 heterocycles. The standard InChI is InChI=1S/C20H23ClO3/c1-5-20(6-2,14-8-10-18(22)13(3)11-14)15-7-9-16(17(21)12-15)19(23)24-4/h7-12,22H,5-6H2,1-4H3. The number of hydrogen-bond donors (Lipinski definition) is 1. The molecule has 0 aliphatic heterocycles. The van der Waals surface area contributed by atoms with Crippen LogP contribution in [0, 0.1) is 6.92 Å². The fraction of sp³-hybridized carbons (Fsp3) is 0.350. The summed E-state index contributed by atoms with van der Waals surface area (Å²) in [5.41, 5.74) is 3.17. The van der Waals surface area contributed by atoms with Gasteiger partial charge < -0.3 is 9.84 Å². The van der Waals surface area contributed by atoms with Gasteiger partial charge in [0, 0.05) is 5.41 Å². The van der Waals surface area contributed by atoms with Crippen molar-refractivity contribution in [1.29, 1.82) is 0 Å². The molecule has 0 spiro atoms. The SMILES string of the molecule is CCC(CC)(c1ccc(O)c(C)c1)c1ccc(C(=O)OC)c(Cl)c1. The minimum absolute atomic E-state index is 0.225. The third-order valence-electron chi connectivity index (χ3n) is 4.88. The molecule has 0 aliphatic carbocycles. The Balaban J connectivity index is 2.60. The van der Waals surface area contributed by atoms with Crippen LogP contribution >= 0.6 is 11.6 Å². The molecule has 2 aromatic rings. The van der Waals surface area contributed by atoms with Crippen LogP contribution in [-0.4, -0.2) is 18.2 Å². The molecule has 0 unspecified atom stereocenters. The van der Waals surface area contributed by atoms with Gasteiger partial charge in [-0.15, -0.1) is 0 Å². The average Bonchev–Trinajstić information content (AvgIpc) is 2.59. The van der Waals surface area contributed by atoms with E-state index in [-0.39, 0.29) is 5.41 Å². The van der Waals surface area contributed by atoms with Crippen molar-refractivity contribution in [2.24, 2.45) is 0 Å². The van der Waals surface area contributed by atoms with Crippen LogP contribution in [-0.2, 0) is 10.2 Å². The number of methoxy groups -OCH3 is 1. The molecule has 24 heavy (non-hydrogen) atoms. The number of hydrogen-bond acceptors (Lipinski definition) is 3. The zero-order chi connectivity index (χ0) is 17.9. The summed E-state index contributed by atoms with van der Waals surface area (Å²) >= 11 is 6.33. The fourth-order valence-corrected chi connectivity index (χ4v) is 3.53. The summed E-state index contributed by atoms with van der Waals surface area (Å²) in [7, 11) is 1.34. The minimum atomic E-state index is -0.439. The predicted molar refractivity (Wildman–Crippen MR) is 97.0 cm³/mol. The smallest absolute Gasteiger partial charge is 0.339 e. The lowest BCUT2D eigenvalue weighted by Crippen LogP contribution is -2.26. The molecule has 0 radical (unpaired) electrons. The maximum Gasteiger partial charge on any atom is 0.339 e. The fourth-order valence-electron chi connectivity index (χ4n) is 3.27. The largest absolute Gasteiger partial charge is 0.508 e. The summed E-state index contributed by atoms with van der Waals surface area (Å²) in [6.07, 6.45) is 1.75. The van der Waals surface area contributed by atoms with Crippen LogP contribution in [0.15, 0.2) is 36.4 Å². The zero-order valence-electron chi connectivity index (χ0n) is 14.5. The number of aromatic hydroxyl groups is 1. The van der Waals surface area contributed by atoms with Crippen LogP contribution in [0.1, 0.15) is 53.7 Å². The Hall–Kier alpha value is -2.00. The van der Waals surface area contributed by atoms with Gasteiger partial charge in [0.2, 0.25) is 0 Å². The topological polar surface area (TPSA) is 46.5 Å². The monoisotopic (exact) mass is 346 g/mol. The first-order valence-corrected chi connectivity index (χ1v) is 8.45. The van der Waals surface area contributed by atoms with Gasteiger partial charge in [-0.05, 0) is 54.7 Å². The molecule has 0 aliphatic rings. The summed E-state index contributed by atoms with van der Waals surface area (Å²) in [5, 5.41) is 10.2. The number of ether oxygens (including phenoxy) is 1. The average molecular weight is 347 g/mol. The first kappa shape index (κ1) is 18.3. The van der Waals surface area contributed by atoms with Crippen LogP contribution in [0.3, 0.4) is 0 Å². The molecule has 2 rings (SSSR count). The van der Waals surface area contributed by atoms with Crippen molar-refractivity contribution >= 4 is 17.6 Å². The number of aryl methyl sites for hydroxylation is 1. The molecule has 128 valence electrons. The van der Waals surface area contributed by atoms with Crippen LogP contribution < -0.4 is 0 Å². The second-order valence-corrected chi connectivity index (χ2v) is 6.38. The van der Waals surface area contributed by atoms with E-state index in [1.54, 1.807) is 12.1 Å². The molecular formula is C20H23ClO3. The van der Waals surface area contributed by atoms with Gasteiger partial charge in [0.25, 0.3) is 0 Å². The van der Waals surface area contributed by atoms with Crippen molar-refractivity contribution in [3.63, 3.8) is 0 Å². The quantitative estimate of drug-likeness (QED) is 0.752. The Kier molecular flexibility index (Phi) is 5.55. The zero-order valence-corrected chi connectivity index (χ0v) is 15.3. The van der Waals surface area contributed by atoms with Gasteiger partial charge in [0.15, 0.2) is 0 Å². The maximum atomic E-state index is 11.8. The first-order valence-electron chi connectivity index (χ1n) is 8.08. The Bertz CT molecular complexity index is 749.